The summed E-state index contributed by atoms with van der Waals surface area (Å²) in [5.41, 5.74) is 2.56. The molecule has 1 saturated heterocycles. The minimum Gasteiger partial charge on any atom is -0.507 e. The molecule has 3 aromatic rings. The number of rotatable bonds is 5. The van der Waals surface area contributed by atoms with Crippen LogP contribution in [-0.2, 0) is 9.59 Å². The van der Waals surface area contributed by atoms with Gasteiger partial charge in [0.15, 0.2) is 0 Å². The van der Waals surface area contributed by atoms with Crippen molar-refractivity contribution in [2.24, 2.45) is 0 Å². The average Bonchev–Trinajstić information content (AvgIpc) is 3.40. The number of aryl methyl sites for hydroxylation is 2. The average molecular weight is 433 g/mol. The first kappa shape index (κ1) is 21.2. The van der Waals surface area contributed by atoms with Crippen molar-refractivity contribution in [3.05, 3.63) is 82.8 Å². The van der Waals surface area contributed by atoms with Crippen LogP contribution in [0.1, 0.15) is 28.5 Å². The van der Waals surface area contributed by atoms with E-state index >= 15 is 0 Å². The third-order valence-corrected chi connectivity index (χ3v) is 5.53. The Morgan fingerprint density at radius 1 is 1.03 bits per heavy atom. The maximum Gasteiger partial charge on any atom is 0.300 e. The second kappa shape index (κ2) is 8.26. The molecule has 0 bridgehead atoms. The van der Waals surface area contributed by atoms with Crippen LogP contribution in [0.2, 0.25) is 0 Å². The lowest BCUT2D eigenvalue weighted by molar-refractivity contribution is -0.132. The van der Waals surface area contributed by atoms with E-state index in [9.17, 15) is 14.7 Å². The molecule has 1 aliphatic heterocycles. The summed E-state index contributed by atoms with van der Waals surface area (Å²) < 4.78 is 16.2. The van der Waals surface area contributed by atoms with Gasteiger partial charge < -0.3 is 19.0 Å². The zero-order valence-electron chi connectivity index (χ0n) is 18.2. The Morgan fingerprint density at radius 2 is 1.81 bits per heavy atom. The van der Waals surface area contributed by atoms with Gasteiger partial charge in [0.05, 0.1) is 31.6 Å². The van der Waals surface area contributed by atoms with Gasteiger partial charge in [-0.05, 0) is 55.8 Å². The van der Waals surface area contributed by atoms with Gasteiger partial charge >= 0.3 is 0 Å². The normalized spacial score (nSPS) is 17.6. The molecule has 1 atom stereocenters. The largest absolute Gasteiger partial charge is 0.507 e. The first-order valence-electron chi connectivity index (χ1n) is 10.0. The van der Waals surface area contributed by atoms with Crippen LogP contribution in [0.4, 0.5) is 5.69 Å². The Morgan fingerprint density at radius 3 is 2.44 bits per heavy atom. The predicted molar refractivity (Wildman–Crippen MR) is 119 cm³/mol. The maximum atomic E-state index is 13.2. The van der Waals surface area contributed by atoms with E-state index in [0.29, 0.717) is 22.9 Å². The van der Waals surface area contributed by atoms with Gasteiger partial charge in [0.25, 0.3) is 11.7 Å². The van der Waals surface area contributed by atoms with Gasteiger partial charge in [0.1, 0.15) is 29.1 Å². The van der Waals surface area contributed by atoms with Crippen LogP contribution >= 0.6 is 0 Å². The highest BCUT2D eigenvalue weighted by Crippen LogP contribution is 2.44. The quantitative estimate of drug-likeness (QED) is 0.361. The molecule has 1 unspecified atom stereocenters. The van der Waals surface area contributed by atoms with Gasteiger partial charge in [-0.25, -0.2) is 0 Å². The highest BCUT2D eigenvalue weighted by atomic mass is 16.5. The second-order valence-corrected chi connectivity index (χ2v) is 7.54. The number of carbonyl (C=O) groups is 2. The van der Waals surface area contributed by atoms with Crippen molar-refractivity contribution in [2.45, 2.75) is 19.9 Å². The Hall–Kier alpha value is -4.00. The van der Waals surface area contributed by atoms with Gasteiger partial charge in [0, 0.05) is 5.69 Å². The van der Waals surface area contributed by atoms with Crippen molar-refractivity contribution in [3.63, 3.8) is 0 Å². The Labute approximate surface area is 185 Å². The number of ketones is 1. The molecule has 1 fully saturated rings. The molecule has 7 heteroatoms. The summed E-state index contributed by atoms with van der Waals surface area (Å²) in [6.07, 6.45) is 1.46. The van der Waals surface area contributed by atoms with E-state index in [0.717, 1.165) is 11.1 Å². The topological polar surface area (TPSA) is 89.2 Å². The van der Waals surface area contributed by atoms with Gasteiger partial charge in [-0.15, -0.1) is 0 Å². The predicted octanol–water partition coefficient (Wildman–Crippen LogP) is 4.54. The lowest BCUT2D eigenvalue weighted by atomic mass is 9.98. The molecule has 2 heterocycles. The fourth-order valence-electron chi connectivity index (χ4n) is 4.02. The minimum atomic E-state index is -0.942. The molecule has 1 aromatic heterocycles. The van der Waals surface area contributed by atoms with E-state index in [2.05, 4.69) is 0 Å². The van der Waals surface area contributed by atoms with Crippen molar-refractivity contribution in [1.82, 2.24) is 0 Å². The van der Waals surface area contributed by atoms with Crippen LogP contribution in [0, 0.1) is 13.8 Å². The molecule has 0 aliphatic carbocycles. The van der Waals surface area contributed by atoms with Gasteiger partial charge in [0.2, 0.25) is 0 Å². The monoisotopic (exact) mass is 433 g/mol. The SMILES string of the molecule is COc1ccc(OC)c(/C(O)=C2/C(=O)C(=O)N(c3ccc(C)cc3C)C2c2ccco2)c1. The Kier molecular flexibility index (Phi) is 5.48. The summed E-state index contributed by atoms with van der Waals surface area (Å²) in [5.74, 6) is -0.777. The third kappa shape index (κ3) is 3.41. The van der Waals surface area contributed by atoms with E-state index in [1.165, 1.54) is 25.4 Å². The highest BCUT2D eigenvalue weighted by Gasteiger charge is 2.48. The third-order valence-electron chi connectivity index (χ3n) is 5.53. The summed E-state index contributed by atoms with van der Waals surface area (Å²) in [6, 6.07) is 12.8. The van der Waals surface area contributed by atoms with E-state index in [-0.39, 0.29) is 16.9 Å². The number of ether oxygens (including phenoxy) is 2. The number of carbonyl (C=O) groups excluding carboxylic acids is 2. The number of methoxy groups -OCH3 is 2. The van der Waals surface area contributed by atoms with Crippen LogP contribution in [-0.4, -0.2) is 31.0 Å². The Balaban J connectivity index is 1.97. The van der Waals surface area contributed by atoms with Crippen molar-refractivity contribution >= 4 is 23.1 Å². The molecule has 0 radical (unpaired) electrons. The van der Waals surface area contributed by atoms with E-state index in [1.54, 1.807) is 36.4 Å². The number of hydrogen-bond donors (Lipinski definition) is 1. The van der Waals surface area contributed by atoms with Crippen LogP contribution < -0.4 is 14.4 Å². The lowest BCUT2D eigenvalue weighted by Crippen LogP contribution is -2.30. The molecular weight excluding hydrogens is 410 g/mol. The minimum absolute atomic E-state index is 0.0866. The fourth-order valence-corrected chi connectivity index (χ4v) is 4.02. The van der Waals surface area contributed by atoms with Crippen molar-refractivity contribution in [3.8, 4) is 11.5 Å². The summed E-state index contributed by atoms with van der Waals surface area (Å²) in [7, 11) is 2.95. The van der Waals surface area contributed by atoms with E-state index in [1.807, 2.05) is 26.0 Å². The van der Waals surface area contributed by atoms with Crippen LogP contribution in [0.25, 0.3) is 5.76 Å². The van der Waals surface area contributed by atoms with Gasteiger partial charge in [-0.1, -0.05) is 17.7 Å². The summed E-state index contributed by atoms with van der Waals surface area (Å²) in [4.78, 5) is 27.8. The highest BCUT2D eigenvalue weighted by molar-refractivity contribution is 6.51. The first-order chi connectivity index (χ1) is 15.4. The van der Waals surface area contributed by atoms with Crippen molar-refractivity contribution in [1.29, 1.82) is 0 Å². The molecule has 7 nitrogen and oxygen atoms in total. The number of nitrogens with zero attached hydrogens (tertiary/aromatic N) is 1. The standard InChI is InChI=1S/C25H23NO6/c1-14-7-9-18(15(2)12-14)26-22(20-6-5-11-32-20)21(24(28)25(26)29)23(27)17-13-16(30-3)8-10-19(17)31-4/h5-13,22,27H,1-4H3/b23-21-. The lowest BCUT2D eigenvalue weighted by Gasteiger charge is -2.25. The molecule has 0 saturated carbocycles. The number of furan rings is 1. The van der Waals surface area contributed by atoms with E-state index in [4.69, 9.17) is 13.9 Å². The smallest absolute Gasteiger partial charge is 0.300 e. The number of benzene rings is 2. The summed E-state index contributed by atoms with van der Waals surface area (Å²) in [5, 5.41) is 11.3. The van der Waals surface area contributed by atoms with Crippen LogP contribution in [0.3, 0.4) is 0 Å². The van der Waals surface area contributed by atoms with Crippen molar-refractivity contribution < 1.29 is 28.6 Å². The Bertz CT molecular complexity index is 1230. The zero-order chi connectivity index (χ0) is 23.0. The molecule has 0 spiro atoms. The molecule has 1 N–H and O–H groups in total. The number of aliphatic hydroxyl groups is 1. The molecular formula is C25H23NO6. The maximum absolute atomic E-state index is 13.2. The van der Waals surface area contributed by atoms with E-state index < -0.39 is 17.7 Å². The molecule has 2 aromatic carbocycles. The van der Waals surface area contributed by atoms with Gasteiger partial charge in [-0.3, -0.25) is 14.5 Å². The first-order valence-corrected chi connectivity index (χ1v) is 10.0. The molecule has 4 rings (SSSR count). The number of Topliss-reactive ketones (excluding diaryl/α,β-unsaturated/α-hetero) is 1. The summed E-state index contributed by atoms with van der Waals surface area (Å²) >= 11 is 0. The zero-order valence-corrected chi connectivity index (χ0v) is 18.2. The van der Waals surface area contributed by atoms with Gasteiger partial charge in [-0.2, -0.15) is 0 Å². The molecule has 1 aliphatic rings. The fraction of sp³-hybridized carbons (Fsp3) is 0.200. The van der Waals surface area contributed by atoms with Crippen LogP contribution in [0.5, 0.6) is 11.5 Å². The number of aliphatic hydroxyl groups excluding tert-OH is 1. The molecule has 32 heavy (non-hydrogen) atoms. The molecule has 164 valence electrons. The number of amides is 1. The number of hydrogen-bond acceptors (Lipinski definition) is 6. The number of anilines is 1. The summed E-state index contributed by atoms with van der Waals surface area (Å²) in [6.45, 7) is 3.82. The van der Waals surface area contributed by atoms with Crippen LogP contribution in [0.15, 0.2) is 64.8 Å². The second-order valence-electron chi connectivity index (χ2n) is 7.54. The van der Waals surface area contributed by atoms with Crippen molar-refractivity contribution in [2.75, 3.05) is 19.1 Å². The molecule has 1 amide bonds.